The third-order valence-electron chi connectivity index (χ3n) is 4.30. The first-order valence-corrected chi connectivity index (χ1v) is 9.04. The number of hydrogen-bond acceptors (Lipinski definition) is 2. The second-order valence-electron chi connectivity index (χ2n) is 6.33. The molecule has 0 aliphatic heterocycles. The number of guanidine groups is 1. The summed E-state index contributed by atoms with van der Waals surface area (Å²) in [6.45, 7) is 4.75. The summed E-state index contributed by atoms with van der Waals surface area (Å²) in [6, 6.07) is 14.7. The van der Waals surface area contributed by atoms with Crippen LogP contribution in [0.15, 0.2) is 47.5 Å². The highest BCUT2D eigenvalue weighted by Crippen LogP contribution is 2.28. The Morgan fingerprint density at radius 2 is 1.77 bits per heavy atom. The highest BCUT2D eigenvalue weighted by Gasteiger charge is 2.28. The molecule has 1 amide bonds. The van der Waals surface area contributed by atoms with E-state index in [9.17, 15) is 4.79 Å². The van der Waals surface area contributed by atoms with Crippen LogP contribution >= 0.6 is 24.0 Å². The van der Waals surface area contributed by atoms with E-state index in [2.05, 4.69) is 63.4 Å². The molecule has 0 aromatic heterocycles. The largest absolute Gasteiger partial charge is 0.357 e. The molecule has 0 atom stereocenters. The minimum Gasteiger partial charge on any atom is -0.357 e. The smallest absolute Gasteiger partial charge is 0.223 e. The van der Waals surface area contributed by atoms with E-state index < -0.39 is 0 Å². The van der Waals surface area contributed by atoms with Crippen LogP contribution in [-0.2, 0) is 11.3 Å². The summed E-state index contributed by atoms with van der Waals surface area (Å²) in [4.78, 5) is 16.3. The lowest BCUT2D eigenvalue weighted by molar-refractivity contribution is -0.122. The predicted octanol–water partition coefficient (Wildman–Crippen LogP) is 3.04. The van der Waals surface area contributed by atoms with Crippen LogP contribution in [0.4, 0.5) is 0 Å². The number of benzene rings is 2. The van der Waals surface area contributed by atoms with Crippen LogP contribution in [0.3, 0.4) is 0 Å². The Morgan fingerprint density at radius 1 is 1.04 bits per heavy atom. The van der Waals surface area contributed by atoms with Crippen molar-refractivity contribution in [2.75, 3.05) is 19.6 Å². The van der Waals surface area contributed by atoms with Crippen LogP contribution in [0.25, 0.3) is 10.8 Å². The summed E-state index contributed by atoms with van der Waals surface area (Å²) in [5, 5.41) is 12.0. The Bertz CT molecular complexity index is 753. The minimum atomic E-state index is 0. The highest BCUT2D eigenvalue weighted by molar-refractivity contribution is 14.0. The van der Waals surface area contributed by atoms with Crippen LogP contribution in [0.1, 0.15) is 25.3 Å². The van der Waals surface area contributed by atoms with Gasteiger partial charge >= 0.3 is 0 Å². The third kappa shape index (κ3) is 5.86. The molecule has 6 heteroatoms. The molecule has 1 aliphatic rings. The number of nitrogens with one attached hydrogen (secondary N) is 3. The van der Waals surface area contributed by atoms with E-state index in [1.807, 2.05) is 6.92 Å². The van der Waals surface area contributed by atoms with Gasteiger partial charge in [0.1, 0.15) is 0 Å². The molecule has 3 N–H and O–H groups in total. The van der Waals surface area contributed by atoms with Gasteiger partial charge in [0.05, 0.1) is 6.54 Å². The average molecular weight is 466 g/mol. The topological polar surface area (TPSA) is 65.5 Å². The van der Waals surface area contributed by atoms with Crippen molar-refractivity contribution < 1.29 is 4.79 Å². The molecule has 0 unspecified atom stereocenters. The van der Waals surface area contributed by atoms with Gasteiger partial charge in [-0.1, -0.05) is 42.5 Å². The number of carbonyl (C=O) groups is 1. The van der Waals surface area contributed by atoms with Crippen molar-refractivity contribution in [3.8, 4) is 0 Å². The molecule has 0 saturated heterocycles. The zero-order valence-electron chi connectivity index (χ0n) is 15.1. The number of nitrogens with zero attached hydrogens (tertiary/aromatic N) is 1. The zero-order valence-corrected chi connectivity index (χ0v) is 17.5. The van der Waals surface area contributed by atoms with Gasteiger partial charge in [-0.3, -0.25) is 4.79 Å². The maximum atomic E-state index is 11.6. The van der Waals surface area contributed by atoms with E-state index in [1.54, 1.807) is 0 Å². The Balaban J connectivity index is 0.00000243. The van der Waals surface area contributed by atoms with Crippen molar-refractivity contribution in [3.63, 3.8) is 0 Å². The summed E-state index contributed by atoms with van der Waals surface area (Å²) in [7, 11) is 0. The number of hydrogen-bond donors (Lipinski definition) is 3. The maximum Gasteiger partial charge on any atom is 0.223 e. The Kier molecular flexibility index (Phi) is 8.15. The quantitative estimate of drug-likeness (QED) is 0.255. The van der Waals surface area contributed by atoms with Gasteiger partial charge in [-0.15, -0.1) is 24.0 Å². The summed E-state index contributed by atoms with van der Waals surface area (Å²) >= 11 is 0. The van der Waals surface area contributed by atoms with Gasteiger partial charge in [0.15, 0.2) is 5.96 Å². The average Bonchev–Trinajstić information content (AvgIpc) is 3.48. The van der Waals surface area contributed by atoms with Crippen LogP contribution in [-0.4, -0.2) is 31.5 Å². The van der Waals surface area contributed by atoms with Gasteiger partial charge in [-0.25, -0.2) is 4.99 Å². The first-order valence-electron chi connectivity index (χ1n) is 9.04. The molecule has 1 fully saturated rings. The van der Waals surface area contributed by atoms with E-state index in [4.69, 9.17) is 0 Å². The standard InChI is InChI=1S/C20H26N4O.HI/c1-2-21-20(23-13-12-22-19(25)16-10-11-16)24-14-17-8-5-7-15-6-3-4-9-18(15)17;/h3-9,16H,2,10-14H2,1H3,(H,22,25)(H2,21,23,24);1H. The SMILES string of the molecule is CCNC(=NCc1cccc2ccccc12)NCCNC(=O)C1CC1.I. The summed E-state index contributed by atoms with van der Waals surface area (Å²) in [6.07, 6.45) is 2.07. The van der Waals surface area contributed by atoms with Gasteiger partial charge in [0.25, 0.3) is 0 Å². The monoisotopic (exact) mass is 466 g/mol. The molecule has 0 spiro atoms. The fraction of sp³-hybridized carbons (Fsp3) is 0.400. The number of fused-ring (bicyclic) bond motifs is 1. The Hall–Kier alpha value is -1.83. The number of amides is 1. The van der Waals surface area contributed by atoms with Crippen molar-refractivity contribution in [1.29, 1.82) is 0 Å². The third-order valence-corrected chi connectivity index (χ3v) is 4.30. The number of carbonyl (C=O) groups excluding carboxylic acids is 1. The highest BCUT2D eigenvalue weighted by atomic mass is 127. The van der Waals surface area contributed by atoms with Crippen LogP contribution in [0.2, 0.25) is 0 Å². The van der Waals surface area contributed by atoms with Crippen molar-refractivity contribution in [1.82, 2.24) is 16.0 Å². The molecular weight excluding hydrogens is 439 g/mol. The minimum absolute atomic E-state index is 0. The molecule has 0 heterocycles. The summed E-state index contributed by atoms with van der Waals surface area (Å²) in [5.41, 5.74) is 1.21. The molecule has 140 valence electrons. The van der Waals surface area contributed by atoms with Crippen molar-refractivity contribution in [2.24, 2.45) is 10.9 Å². The van der Waals surface area contributed by atoms with Crippen molar-refractivity contribution in [2.45, 2.75) is 26.3 Å². The molecule has 0 radical (unpaired) electrons. The van der Waals surface area contributed by atoms with Crippen molar-refractivity contribution >= 4 is 46.6 Å². The fourth-order valence-corrected chi connectivity index (χ4v) is 2.79. The van der Waals surface area contributed by atoms with E-state index in [0.29, 0.717) is 19.6 Å². The van der Waals surface area contributed by atoms with Gasteiger partial charge in [-0.05, 0) is 36.1 Å². The lowest BCUT2D eigenvalue weighted by Crippen LogP contribution is -2.41. The molecule has 26 heavy (non-hydrogen) atoms. The first kappa shape index (κ1) is 20.5. The number of halogens is 1. The van der Waals surface area contributed by atoms with Crippen molar-refractivity contribution in [3.05, 3.63) is 48.0 Å². The lowest BCUT2D eigenvalue weighted by Gasteiger charge is -2.12. The maximum absolute atomic E-state index is 11.6. The lowest BCUT2D eigenvalue weighted by atomic mass is 10.1. The molecule has 3 rings (SSSR count). The van der Waals surface area contributed by atoms with Gasteiger partial charge in [0.2, 0.25) is 5.91 Å². The van der Waals surface area contributed by atoms with Crippen LogP contribution in [0.5, 0.6) is 0 Å². The Labute approximate surface area is 172 Å². The van der Waals surface area contributed by atoms with Gasteiger partial charge < -0.3 is 16.0 Å². The molecular formula is C20H27IN4O. The second-order valence-corrected chi connectivity index (χ2v) is 6.33. The van der Waals surface area contributed by atoms with Crippen LogP contribution in [0, 0.1) is 5.92 Å². The van der Waals surface area contributed by atoms with Gasteiger partial charge in [0, 0.05) is 25.6 Å². The second kappa shape index (κ2) is 10.4. The molecule has 5 nitrogen and oxygen atoms in total. The molecule has 2 aromatic carbocycles. The van der Waals surface area contributed by atoms with Crippen LogP contribution < -0.4 is 16.0 Å². The molecule has 1 saturated carbocycles. The molecule has 2 aromatic rings. The van der Waals surface area contributed by atoms with E-state index >= 15 is 0 Å². The predicted molar refractivity (Wildman–Crippen MR) is 118 cm³/mol. The first-order chi connectivity index (χ1) is 12.3. The van der Waals surface area contributed by atoms with E-state index in [0.717, 1.165) is 25.3 Å². The molecule has 1 aliphatic carbocycles. The van der Waals surface area contributed by atoms with E-state index in [-0.39, 0.29) is 35.8 Å². The summed E-state index contributed by atoms with van der Waals surface area (Å²) < 4.78 is 0. The normalized spacial score (nSPS) is 13.8. The zero-order chi connectivity index (χ0) is 17.5. The fourth-order valence-electron chi connectivity index (χ4n) is 2.79. The summed E-state index contributed by atoms with van der Waals surface area (Å²) in [5.74, 6) is 1.21. The number of rotatable bonds is 7. The van der Waals surface area contributed by atoms with Gasteiger partial charge in [-0.2, -0.15) is 0 Å². The molecule has 0 bridgehead atoms. The van der Waals surface area contributed by atoms with E-state index in [1.165, 1.54) is 16.3 Å². The Morgan fingerprint density at radius 3 is 2.54 bits per heavy atom. The number of aliphatic imine (C=N–C) groups is 1.